The number of benzene rings is 2. The van der Waals surface area contributed by atoms with Crippen molar-refractivity contribution in [3.63, 3.8) is 0 Å². The van der Waals surface area contributed by atoms with E-state index in [1.807, 2.05) is 42.5 Å². The molecule has 4 aromatic rings. The maximum atomic E-state index is 13.6. The van der Waals surface area contributed by atoms with Crippen LogP contribution in [0.3, 0.4) is 0 Å². The van der Waals surface area contributed by atoms with Crippen molar-refractivity contribution in [3.05, 3.63) is 83.4 Å². The third-order valence-electron chi connectivity index (χ3n) is 4.32. The van der Waals surface area contributed by atoms with Gasteiger partial charge in [-0.15, -0.1) is 11.8 Å². The van der Waals surface area contributed by atoms with Gasteiger partial charge < -0.3 is 0 Å². The number of carbonyl (C=O) groups excluding carboxylic acids is 1. The first kappa shape index (κ1) is 20.8. The zero-order chi connectivity index (χ0) is 20.9. The largest absolute Gasteiger partial charge is 0.282 e. The van der Waals surface area contributed by atoms with Crippen LogP contribution in [0.5, 0.6) is 0 Å². The van der Waals surface area contributed by atoms with E-state index in [1.165, 1.54) is 23.5 Å². The van der Waals surface area contributed by atoms with E-state index in [2.05, 4.69) is 9.97 Å². The number of fused-ring (bicyclic) bond motifs is 1. The molecule has 4 nitrogen and oxygen atoms in total. The Morgan fingerprint density at radius 2 is 1.97 bits per heavy atom. The number of thiazole rings is 1. The minimum absolute atomic E-state index is 0.0540. The summed E-state index contributed by atoms with van der Waals surface area (Å²) in [5.41, 5.74) is 1.44. The van der Waals surface area contributed by atoms with Gasteiger partial charge in [0.2, 0.25) is 5.91 Å². The first-order valence-electron chi connectivity index (χ1n) is 9.23. The van der Waals surface area contributed by atoms with Crippen molar-refractivity contribution < 1.29 is 9.18 Å². The molecule has 0 N–H and O–H groups in total. The van der Waals surface area contributed by atoms with Gasteiger partial charge in [0, 0.05) is 28.3 Å². The van der Waals surface area contributed by atoms with Crippen LogP contribution in [0.15, 0.2) is 71.8 Å². The molecule has 0 aliphatic carbocycles. The lowest BCUT2D eigenvalue weighted by Crippen LogP contribution is -2.30. The standard InChI is InChI=1S/C22H17ClFN3OS2/c23-15-4-7-18(8-5-15)29-12-10-21(28)27(14-17-3-1-2-11-25-17)22-26-19-9-6-16(24)13-20(19)30-22/h1-9,11,13H,10,12,14H2. The Bertz CT molecular complexity index is 1150. The van der Waals surface area contributed by atoms with E-state index in [0.717, 1.165) is 10.6 Å². The molecule has 152 valence electrons. The van der Waals surface area contributed by atoms with Crippen molar-refractivity contribution in [1.29, 1.82) is 0 Å². The van der Waals surface area contributed by atoms with E-state index >= 15 is 0 Å². The van der Waals surface area contributed by atoms with E-state index in [0.29, 0.717) is 39.1 Å². The zero-order valence-corrected chi connectivity index (χ0v) is 18.2. The first-order chi connectivity index (χ1) is 14.6. The number of thioether (sulfide) groups is 1. The second kappa shape index (κ2) is 9.55. The molecule has 1 amide bonds. The van der Waals surface area contributed by atoms with Crippen LogP contribution < -0.4 is 4.90 Å². The van der Waals surface area contributed by atoms with Crippen molar-refractivity contribution in [2.24, 2.45) is 0 Å². The SMILES string of the molecule is O=C(CCSc1ccc(Cl)cc1)N(Cc1ccccn1)c1nc2ccc(F)cc2s1. The molecule has 0 aliphatic heterocycles. The van der Waals surface area contributed by atoms with Gasteiger partial charge in [-0.25, -0.2) is 9.37 Å². The molecule has 0 aliphatic rings. The molecular weight excluding hydrogens is 441 g/mol. The van der Waals surface area contributed by atoms with Crippen LogP contribution in [0.2, 0.25) is 5.02 Å². The van der Waals surface area contributed by atoms with Crippen LogP contribution in [0.4, 0.5) is 9.52 Å². The fourth-order valence-electron chi connectivity index (χ4n) is 2.84. The van der Waals surface area contributed by atoms with Gasteiger partial charge >= 0.3 is 0 Å². The minimum Gasteiger partial charge on any atom is -0.282 e. The molecule has 0 spiro atoms. The number of aromatic nitrogens is 2. The summed E-state index contributed by atoms with van der Waals surface area (Å²) in [5, 5.41) is 1.23. The number of rotatable bonds is 7. The number of hydrogen-bond donors (Lipinski definition) is 0. The van der Waals surface area contributed by atoms with E-state index in [1.54, 1.807) is 28.9 Å². The van der Waals surface area contributed by atoms with Crippen LogP contribution in [0.1, 0.15) is 12.1 Å². The van der Waals surface area contributed by atoms with E-state index < -0.39 is 0 Å². The quantitative estimate of drug-likeness (QED) is 0.310. The molecule has 2 aromatic carbocycles. The van der Waals surface area contributed by atoms with Gasteiger partial charge in [0.15, 0.2) is 5.13 Å². The molecule has 8 heteroatoms. The van der Waals surface area contributed by atoms with Gasteiger partial charge in [0.25, 0.3) is 0 Å². The average molecular weight is 458 g/mol. The monoisotopic (exact) mass is 457 g/mol. The van der Waals surface area contributed by atoms with Gasteiger partial charge in [-0.1, -0.05) is 29.0 Å². The van der Waals surface area contributed by atoms with Crippen LogP contribution in [-0.4, -0.2) is 21.6 Å². The van der Waals surface area contributed by atoms with Crippen molar-refractivity contribution in [3.8, 4) is 0 Å². The van der Waals surface area contributed by atoms with Gasteiger partial charge in [-0.3, -0.25) is 14.7 Å². The van der Waals surface area contributed by atoms with E-state index in [9.17, 15) is 9.18 Å². The summed E-state index contributed by atoms with van der Waals surface area (Å²) < 4.78 is 14.3. The average Bonchev–Trinajstić information content (AvgIpc) is 3.17. The number of nitrogens with zero attached hydrogens (tertiary/aromatic N) is 3. The van der Waals surface area contributed by atoms with Crippen molar-refractivity contribution >= 4 is 56.0 Å². The Morgan fingerprint density at radius 1 is 1.13 bits per heavy atom. The van der Waals surface area contributed by atoms with Gasteiger partial charge in [-0.2, -0.15) is 0 Å². The van der Waals surface area contributed by atoms with Crippen LogP contribution in [0.25, 0.3) is 10.2 Å². The van der Waals surface area contributed by atoms with Gasteiger partial charge in [-0.05, 0) is 54.6 Å². The highest BCUT2D eigenvalue weighted by Gasteiger charge is 2.20. The molecule has 0 atom stereocenters. The predicted octanol–water partition coefficient (Wildman–Crippen LogP) is 6.20. The van der Waals surface area contributed by atoms with E-state index in [-0.39, 0.29) is 11.7 Å². The van der Waals surface area contributed by atoms with Crippen molar-refractivity contribution in [2.75, 3.05) is 10.7 Å². The Hall–Kier alpha value is -2.48. The maximum Gasteiger partial charge on any atom is 0.229 e. The van der Waals surface area contributed by atoms with Crippen LogP contribution >= 0.6 is 34.7 Å². The molecule has 0 fully saturated rings. The summed E-state index contributed by atoms with van der Waals surface area (Å²) in [4.78, 5) is 24.7. The molecule has 2 heterocycles. The second-order valence-corrected chi connectivity index (χ2v) is 9.08. The normalized spacial score (nSPS) is 11.0. The molecular formula is C22H17ClFN3OS2. The lowest BCUT2D eigenvalue weighted by molar-refractivity contribution is -0.118. The Kier molecular flexibility index (Phi) is 6.62. The fraction of sp³-hybridized carbons (Fsp3) is 0.136. The van der Waals surface area contributed by atoms with Crippen molar-refractivity contribution in [1.82, 2.24) is 9.97 Å². The molecule has 2 aromatic heterocycles. The summed E-state index contributed by atoms with van der Waals surface area (Å²) in [5.74, 6) is 0.250. The third kappa shape index (κ3) is 5.16. The molecule has 0 radical (unpaired) electrons. The lowest BCUT2D eigenvalue weighted by atomic mass is 10.3. The third-order valence-corrected chi connectivity index (χ3v) is 6.62. The maximum absolute atomic E-state index is 13.6. The first-order valence-corrected chi connectivity index (χ1v) is 11.4. The summed E-state index contributed by atoms with van der Waals surface area (Å²) in [7, 11) is 0. The van der Waals surface area contributed by atoms with Crippen molar-refractivity contribution in [2.45, 2.75) is 17.9 Å². The summed E-state index contributed by atoms with van der Waals surface area (Å²) >= 11 is 8.82. The molecule has 4 rings (SSSR count). The van der Waals surface area contributed by atoms with Gasteiger partial charge in [0.05, 0.1) is 22.5 Å². The summed E-state index contributed by atoms with van der Waals surface area (Å²) in [6.45, 7) is 0.313. The summed E-state index contributed by atoms with van der Waals surface area (Å²) in [6.07, 6.45) is 2.03. The Morgan fingerprint density at radius 3 is 2.73 bits per heavy atom. The van der Waals surface area contributed by atoms with Crippen LogP contribution in [-0.2, 0) is 11.3 Å². The molecule has 0 unspecified atom stereocenters. The van der Waals surface area contributed by atoms with Gasteiger partial charge in [0.1, 0.15) is 5.82 Å². The van der Waals surface area contributed by atoms with Crippen LogP contribution in [0, 0.1) is 5.82 Å². The molecule has 30 heavy (non-hydrogen) atoms. The number of pyridine rings is 1. The molecule has 0 saturated heterocycles. The smallest absolute Gasteiger partial charge is 0.229 e. The number of carbonyl (C=O) groups is 1. The summed E-state index contributed by atoms with van der Waals surface area (Å²) in [6, 6.07) is 17.6. The number of amides is 1. The Labute approximate surface area is 186 Å². The highest BCUT2D eigenvalue weighted by Crippen LogP contribution is 2.31. The Balaban J connectivity index is 1.52. The highest BCUT2D eigenvalue weighted by atomic mass is 35.5. The lowest BCUT2D eigenvalue weighted by Gasteiger charge is -2.19. The number of hydrogen-bond acceptors (Lipinski definition) is 5. The molecule has 0 bridgehead atoms. The zero-order valence-electron chi connectivity index (χ0n) is 15.8. The fourth-order valence-corrected chi connectivity index (χ4v) is 4.81. The minimum atomic E-state index is -0.320. The predicted molar refractivity (Wildman–Crippen MR) is 122 cm³/mol. The number of anilines is 1. The van der Waals surface area contributed by atoms with E-state index in [4.69, 9.17) is 11.6 Å². The molecule has 0 saturated carbocycles. The second-order valence-electron chi connectivity index (χ2n) is 6.46. The highest BCUT2D eigenvalue weighted by molar-refractivity contribution is 7.99. The topological polar surface area (TPSA) is 46.1 Å². The number of halogens is 2.